The third-order valence-electron chi connectivity index (χ3n) is 7.48. The van der Waals surface area contributed by atoms with Gasteiger partial charge in [0.1, 0.15) is 17.6 Å². The van der Waals surface area contributed by atoms with Gasteiger partial charge >= 0.3 is 0 Å². The Hall–Kier alpha value is -3.39. The predicted molar refractivity (Wildman–Crippen MR) is 155 cm³/mol. The Kier molecular flexibility index (Phi) is 8.21. The number of piperidine rings is 1. The van der Waals surface area contributed by atoms with Crippen molar-refractivity contribution in [3.63, 3.8) is 0 Å². The van der Waals surface area contributed by atoms with E-state index < -0.39 is 15.9 Å². The van der Waals surface area contributed by atoms with Crippen molar-refractivity contribution >= 4 is 20.6 Å². The van der Waals surface area contributed by atoms with Gasteiger partial charge in [0.05, 0.1) is 18.6 Å². The lowest BCUT2D eigenvalue weighted by Crippen LogP contribution is -2.35. The molecule has 0 bridgehead atoms. The van der Waals surface area contributed by atoms with Gasteiger partial charge in [-0.15, -0.1) is 0 Å². The van der Waals surface area contributed by atoms with Gasteiger partial charge in [-0.3, -0.25) is 0 Å². The second-order valence-corrected chi connectivity index (χ2v) is 12.2. The summed E-state index contributed by atoms with van der Waals surface area (Å²) < 4.78 is 35.4. The van der Waals surface area contributed by atoms with E-state index in [4.69, 9.17) is 9.47 Å². The number of ether oxygens (including phenoxy) is 2. The zero-order valence-electron chi connectivity index (χ0n) is 22.4. The SMILES string of the molecule is COc1ccc2c(C(O)c3ccc(OCCC4CCCCN4)cc3)c(-c3ccc(S(C)(=O)=O)cc3)ccc2c1. The first-order valence-electron chi connectivity index (χ1n) is 13.4. The molecule has 2 atom stereocenters. The van der Waals surface area contributed by atoms with Gasteiger partial charge in [-0.2, -0.15) is 0 Å². The smallest absolute Gasteiger partial charge is 0.175 e. The molecule has 1 aliphatic heterocycles. The van der Waals surface area contributed by atoms with Gasteiger partial charge in [-0.05, 0) is 89.7 Å². The molecule has 5 rings (SSSR count). The number of rotatable bonds is 9. The molecule has 39 heavy (non-hydrogen) atoms. The lowest BCUT2D eigenvalue weighted by Gasteiger charge is -2.23. The second kappa shape index (κ2) is 11.8. The molecule has 4 aromatic carbocycles. The molecule has 7 heteroatoms. The molecule has 1 saturated heterocycles. The number of benzene rings is 4. The van der Waals surface area contributed by atoms with Crippen LogP contribution in [0.5, 0.6) is 11.5 Å². The summed E-state index contributed by atoms with van der Waals surface area (Å²) >= 11 is 0. The number of hydrogen-bond acceptors (Lipinski definition) is 6. The lowest BCUT2D eigenvalue weighted by atomic mass is 9.88. The lowest BCUT2D eigenvalue weighted by molar-refractivity contribution is 0.222. The summed E-state index contributed by atoms with van der Waals surface area (Å²) in [5.74, 6) is 1.51. The van der Waals surface area contributed by atoms with E-state index in [9.17, 15) is 13.5 Å². The van der Waals surface area contributed by atoms with Crippen LogP contribution < -0.4 is 14.8 Å². The van der Waals surface area contributed by atoms with Gasteiger partial charge in [0, 0.05) is 17.9 Å². The summed E-state index contributed by atoms with van der Waals surface area (Å²) in [5, 5.41) is 17.1. The highest BCUT2D eigenvalue weighted by atomic mass is 32.2. The number of nitrogens with one attached hydrogen (secondary N) is 1. The summed E-state index contributed by atoms with van der Waals surface area (Å²) in [6.45, 7) is 1.74. The highest BCUT2D eigenvalue weighted by molar-refractivity contribution is 7.90. The van der Waals surface area contributed by atoms with Crippen LogP contribution in [0.25, 0.3) is 21.9 Å². The average molecular weight is 546 g/mol. The third-order valence-corrected chi connectivity index (χ3v) is 8.61. The Morgan fingerprint density at radius 3 is 2.36 bits per heavy atom. The predicted octanol–water partition coefficient (Wildman–Crippen LogP) is 5.91. The zero-order chi connectivity index (χ0) is 27.4. The number of sulfone groups is 1. The molecule has 0 aromatic heterocycles. The highest BCUT2D eigenvalue weighted by Crippen LogP contribution is 2.39. The van der Waals surface area contributed by atoms with Crippen LogP contribution in [0.3, 0.4) is 0 Å². The van der Waals surface area contributed by atoms with Gasteiger partial charge in [0.25, 0.3) is 0 Å². The molecule has 0 saturated carbocycles. The van der Waals surface area contributed by atoms with Crippen LogP contribution in [0.2, 0.25) is 0 Å². The Labute approximate surface area is 230 Å². The molecule has 1 aliphatic rings. The molecule has 2 unspecified atom stereocenters. The monoisotopic (exact) mass is 545 g/mol. The van der Waals surface area contributed by atoms with Crippen LogP contribution in [-0.4, -0.2) is 46.1 Å². The number of aliphatic hydroxyl groups is 1. The maximum atomic E-state index is 12.0. The summed E-state index contributed by atoms with van der Waals surface area (Å²) in [5.41, 5.74) is 3.15. The third kappa shape index (κ3) is 6.27. The fraction of sp³-hybridized carbons (Fsp3) is 0.312. The number of fused-ring (bicyclic) bond motifs is 1. The van der Waals surface area contributed by atoms with Crippen molar-refractivity contribution in [1.82, 2.24) is 5.32 Å². The van der Waals surface area contributed by atoms with E-state index in [1.54, 1.807) is 31.4 Å². The Morgan fingerprint density at radius 2 is 1.69 bits per heavy atom. The molecule has 2 N–H and O–H groups in total. The minimum Gasteiger partial charge on any atom is -0.497 e. The van der Waals surface area contributed by atoms with Crippen LogP contribution >= 0.6 is 0 Å². The molecule has 1 fully saturated rings. The Morgan fingerprint density at radius 1 is 0.949 bits per heavy atom. The molecule has 0 spiro atoms. The largest absolute Gasteiger partial charge is 0.497 e. The van der Waals surface area contributed by atoms with Crippen molar-refractivity contribution in [2.24, 2.45) is 0 Å². The Bertz CT molecular complexity index is 1530. The van der Waals surface area contributed by atoms with E-state index >= 15 is 0 Å². The van der Waals surface area contributed by atoms with E-state index in [-0.39, 0.29) is 4.90 Å². The fourth-order valence-electron chi connectivity index (χ4n) is 5.29. The van der Waals surface area contributed by atoms with Crippen LogP contribution in [0.4, 0.5) is 0 Å². The van der Waals surface area contributed by atoms with Crippen LogP contribution in [0, 0.1) is 0 Å². The number of aliphatic hydroxyl groups excluding tert-OH is 1. The molecule has 0 amide bonds. The van der Waals surface area contributed by atoms with Gasteiger partial charge < -0.3 is 19.9 Å². The molecule has 6 nitrogen and oxygen atoms in total. The van der Waals surface area contributed by atoms with Crippen molar-refractivity contribution in [2.75, 3.05) is 26.5 Å². The molecule has 0 radical (unpaired) electrons. The van der Waals surface area contributed by atoms with Gasteiger partial charge in [-0.1, -0.05) is 48.9 Å². The van der Waals surface area contributed by atoms with Crippen LogP contribution in [-0.2, 0) is 9.84 Å². The summed E-state index contributed by atoms with van der Waals surface area (Å²) in [7, 11) is -1.68. The Balaban J connectivity index is 1.45. The standard InChI is InChI=1S/C32H35NO5S/c1-37-27-13-17-30-24(21-27)10-16-29(22-8-14-28(15-9-22)39(2,35)36)31(30)32(34)23-6-11-26(12-7-23)38-20-18-25-5-3-4-19-33-25/h6-17,21,25,32-34H,3-5,18-20H2,1-2H3. The van der Waals surface area contributed by atoms with Crippen LogP contribution in [0.1, 0.15) is 42.9 Å². The first-order valence-corrected chi connectivity index (χ1v) is 15.3. The molecule has 4 aromatic rings. The minimum absolute atomic E-state index is 0.258. The van der Waals surface area contributed by atoms with Crippen LogP contribution in [0.15, 0.2) is 83.8 Å². The van der Waals surface area contributed by atoms with E-state index in [1.807, 2.05) is 54.6 Å². The maximum absolute atomic E-state index is 12.0. The molecule has 204 valence electrons. The summed E-state index contributed by atoms with van der Waals surface area (Å²) in [6.07, 6.45) is 4.98. The summed E-state index contributed by atoms with van der Waals surface area (Å²) in [4.78, 5) is 0.258. The quantitative estimate of drug-likeness (QED) is 0.272. The van der Waals surface area contributed by atoms with Gasteiger partial charge in [-0.25, -0.2) is 8.42 Å². The first kappa shape index (κ1) is 27.2. The molecular formula is C32H35NO5S. The van der Waals surface area contributed by atoms with Crippen molar-refractivity contribution in [2.45, 2.75) is 42.7 Å². The fourth-order valence-corrected chi connectivity index (χ4v) is 5.92. The topological polar surface area (TPSA) is 84.9 Å². The van der Waals surface area contributed by atoms with E-state index in [2.05, 4.69) is 5.32 Å². The minimum atomic E-state index is -3.31. The molecule has 1 heterocycles. The van der Waals surface area contributed by atoms with Crippen molar-refractivity contribution in [1.29, 1.82) is 0 Å². The number of methoxy groups -OCH3 is 1. The summed E-state index contributed by atoms with van der Waals surface area (Å²) in [6, 6.07) is 24.7. The van der Waals surface area contributed by atoms with Crippen molar-refractivity contribution < 1.29 is 23.0 Å². The highest BCUT2D eigenvalue weighted by Gasteiger charge is 2.20. The van der Waals surface area contributed by atoms with Gasteiger partial charge in [0.2, 0.25) is 0 Å². The average Bonchev–Trinajstić information content (AvgIpc) is 2.96. The zero-order valence-corrected chi connectivity index (χ0v) is 23.2. The second-order valence-electron chi connectivity index (χ2n) is 10.2. The number of hydrogen-bond donors (Lipinski definition) is 2. The normalized spacial score (nSPS) is 16.6. The first-order chi connectivity index (χ1) is 18.8. The van der Waals surface area contributed by atoms with E-state index in [0.717, 1.165) is 57.5 Å². The van der Waals surface area contributed by atoms with E-state index in [1.165, 1.54) is 25.5 Å². The van der Waals surface area contributed by atoms with Crippen molar-refractivity contribution in [3.8, 4) is 22.6 Å². The van der Waals surface area contributed by atoms with Crippen molar-refractivity contribution in [3.05, 3.63) is 90.0 Å². The molecular weight excluding hydrogens is 510 g/mol. The maximum Gasteiger partial charge on any atom is 0.175 e. The van der Waals surface area contributed by atoms with E-state index in [0.29, 0.717) is 12.6 Å². The van der Waals surface area contributed by atoms with Gasteiger partial charge in [0.15, 0.2) is 9.84 Å². The molecule has 0 aliphatic carbocycles.